The fourth-order valence-corrected chi connectivity index (χ4v) is 1.86. The van der Waals surface area contributed by atoms with Crippen LogP contribution < -0.4 is 16.6 Å². The average Bonchev–Trinajstić information content (AvgIpc) is 3.06. The smallest absolute Gasteiger partial charge is 0.336 e. The Balaban J connectivity index is 1.92. The third-order valence-corrected chi connectivity index (χ3v) is 2.80. The van der Waals surface area contributed by atoms with Crippen LogP contribution in [0, 0.1) is 0 Å². The molecule has 0 atom stereocenters. The van der Waals surface area contributed by atoms with Crippen molar-refractivity contribution in [3.63, 3.8) is 0 Å². The summed E-state index contributed by atoms with van der Waals surface area (Å²) >= 11 is 0. The summed E-state index contributed by atoms with van der Waals surface area (Å²) in [5.74, 6) is 0.401. The first-order chi connectivity index (χ1) is 10.6. The van der Waals surface area contributed by atoms with Crippen molar-refractivity contribution in [1.82, 2.24) is 29.7 Å². The van der Waals surface area contributed by atoms with Crippen LogP contribution in [0.5, 0.6) is 0 Å². The minimum atomic E-state index is -0.741. The first-order valence-corrected chi connectivity index (χ1v) is 6.42. The summed E-state index contributed by atoms with van der Waals surface area (Å²) in [5, 5.41) is 9.80. The van der Waals surface area contributed by atoms with Crippen LogP contribution in [0.2, 0.25) is 0 Å². The predicted octanol–water partition coefficient (Wildman–Crippen LogP) is -0.171. The molecule has 114 valence electrons. The standard InChI is InChI=1S/C11H11N7O4/c1-2-3-5-16-17-10(22-5)15-11(21)18-4-12-6-7(18)13-9(20)14-8(6)19/h4H,2-3H2,1H3,(H,15,17,21)(H2,13,14,19,20). The number of H-pyrrole nitrogens is 2. The Morgan fingerprint density at radius 3 is 2.95 bits per heavy atom. The van der Waals surface area contributed by atoms with Gasteiger partial charge in [-0.05, 0) is 6.42 Å². The molecule has 3 N–H and O–H groups in total. The summed E-state index contributed by atoms with van der Waals surface area (Å²) in [5.41, 5.74) is -1.52. The highest BCUT2D eigenvalue weighted by atomic mass is 16.4. The van der Waals surface area contributed by atoms with E-state index < -0.39 is 17.3 Å². The number of aromatic amines is 2. The maximum atomic E-state index is 12.1. The van der Waals surface area contributed by atoms with Gasteiger partial charge in [0.05, 0.1) is 0 Å². The number of anilines is 1. The number of rotatable bonds is 3. The summed E-state index contributed by atoms with van der Waals surface area (Å²) in [6, 6.07) is -0.780. The molecule has 3 heterocycles. The van der Waals surface area contributed by atoms with E-state index in [1.165, 1.54) is 0 Å². The zero-order chi connectivity index (χ0) is 15.7. The van der Waals surface area contributed by atoms with Crippen molar-refractivity contribution < 1.29 is 9.21 Å². The van der Waals surface area contributed by atoms with Crippen molar-refractivity contribution >= 4 is 23.2 Å². The number of nitrogens with zero attached hydrogens (tertiary/aromatic N) is 4. The van der Waals surface area contributed by atoms with E-state index >= 15 is 0 Å². The highest BCUT2D eigenvalue weighted by molar-refractivity contribution is 5.94. The normalized spacial score (nSPS) is 11.0. The Morgan fingerprint density at radius 1 is 1.36 bits per heavy atom. The second-order valence-electron chi connectivity index (χ2n) is 4.40. The highest BCUT2D eigenvalue weighted by Gasteiger charge is 2.16. The number of imidazole rings is 1. The number of amides is 1. The summed E-state index contributed by atoms with van der Waals surface area (Å²) < 4.78 is 6.19. The number of carbonyl (C=O) groups excluding carboxylic acids is 1. The van der Waals surface area contributed by atoms with E-state index in [1.807, 2.05) is 11.9 Å². The number of carbonyl (C=O) groups is 1. The molecule has 3 aromatic heterocycles. The van der Waals surface area contributed by atoms with Crippen LogP contribution in [-0.4, -0.2) is 35.7 Å². The Labute approximate surface area is 121 Å². The minimum absolute atomic E-state index is 0.0282. The molecule has 11 heteroatoms. The van der Waals surface area contributed by atoms with Gasteiger partial charge < -0.3 is 4.42 Å². The van der Waals surface area contributed by atoms with Crippen LogP contribution in [0.25, 0.3) is 11.2 Å². The fraction of sp³-hybridized carbons (Fsp3) is 0.273. The zero-order valence-electron chi connectivity index (χ0n) is 11.4. The number of aromatic nitrogens is 6. The molecular formula is C11H11N7O4. The Bertz CT molecular complexity index is 947. The second kappa shape index (κ2) is 5.27. The van der Waals surface area contributed by atoms with E-state index in [0.717, 1.165) is 17.3 Å². The molecular weight excluding hydrogens is 294 g/mol. The molecule has 0 aromatic carbocycles. The third-order valence-electron chi connectivity index (χ3n) is 2.80. The van der Waals surface area contributed by atoms with E-state index in [1.54, 1.807) is 0 Å². The Hall–Kier alpha value is -3.24. The maximum Gasteiger partial charge on any atom is 0.336 e. The number of hydrogen-bond donors (Lipinski definition) is 3. The van der Waals surface area contributed by atoms with Crippen LogP contribution in [0.3, 0.4) is 0 Å². The number of fused-ring (bicyclic) bond motifs is 1. The Morgan fingerprint density at radius 2 is 2.18 bits per heavy atom. The fourth-order valence-electron chi connectivity index (χ4n) is 1.86. The van der Waals surface area contributed by atoms with Gasteiger partial charge in [-0.2, -0.15) is 0 Å². The van der Waals surface area contributed by atoms with Crippen LogP contribution in [0.1, 0.15) is 19.2 Å². The van der Waals surface area contributed by atoms with Gasteiger partial charge in [0, 0.05) is 6.42 Å². The quantitative estimate of drug-likeness (QED) is 0.607. The van der Waals surface area contributed by atoms with E-state index in [0.29, 0.717) is 12.3 Å². The molecule has 22 heavy (non-hydrogen) atoms. The van der Waals surface area contributed by atoms with Gasteiger partial charge >= 0.3 is 17.7 Å². The number of hydrogen-bond acceptors (Lipinski definition) is 7. The number of nitrogens with one attached hydrogen (secondary N) is 3. The predicted molar refractivity (Wildman–Crippen MR) is 73.7 cm³/mol. The Kier molecular flexibility index (Phi) is 3.29. The molecule has 0 unspecified atom stereocenters. The molecule has 0 radical (unpaired) electrons. The molecule has 0 aliphatic carbocycles. The van der Waals surface area contributed by atoms with Crippen LogP contribution in [0.15, 0.2) is 20.3 Å². The SMILES string of the molecule is CCCc1nnc(NC(=O)n2cnc3c(=O)[nH]c(=O)[nH]c32)o1. The highest BCUT2D eigenvalue weighted by Crippen LogP contribution is 2.09. The molecule has 0 saturated heterocycles. The van der Waals surface area contributed by atoms with Gasteiger partial charge in [-0.15, -0.1) is 5.10 Å². The number of aryl methyl sites for hydroxylation is 1. The first kappa shape index (κ1) is 13.7. The van der Waals surface area contributed by atoms with Gasteiger partial charge in [-0.3, -0.25) is 20.1 Å². The van der Waals surface area contributed by atoms with Gasteiger partial charge in [-0.25, -0.2) is 19.1 Å². The van der Waals surface area contributed by atoms with Crippen molar-refractivity contribution in [1.29, 1.82) is 0 Å². The molecule has 0 bridgehead atoms. The topological polar surface area (TPSA) is 152 Å². The van der Waals surface area contributed by atoms with Crippen LogP contribution >= 0.6 is 0 Å². The maximum absolute atomic E-state index is 12.1. The van der Waals surface area contributed by atoms with Crippen molar-refractivity contribution in [2.24, 2.45) is 0 Å². The van der Waals surface area contributed by atoms with Gasteiger partial charge in [0.15, 0.2) is 11.2 Å². The third kappa shape index (κ3) is 2.39. The monoisotopic (exact) mass is 305 g/mol. The lowest BCUT2D eigenvalue weighted by atomic mass is 10.3. The first-order valence-electron chi connectivity index (χ1n) is 6.42. The summed E-state index contributed by atoms with van der Waals surface area (Å²) in [4.78, 5) is 43.1. The molecule has 0 aliphatic heterocycles. The average molecular weight is 305 g/mol. The van der Waals surface area contributed by atoms with Gasteiger partial charge in [-0.1, -0.05) is 12.0 Å². The van der Waals surface area contributed by atoms with Gasteiger partial charge in [0.25, 0.3) is 5.56 Å². The molecule has 0 aliphatic rings. The van der Waals surface area contributed by atoms with Crippen molar-refractivity contribution in [2.45, 2.75) is 19.8 Å². The molecule has 3 aromatic rings. The largest absolute Gasteiger partial charge is 0.408 e. The van der Waals surface area contributed by atoms with E-state index in [4.69, 9.17) is 4.42 Å². The van der Waals surface area contributed by atoms with Crippen LogP contribution in [0.4, 0.5) is 10.8 Å². The zero-order valence-corrected chi connectivity index (χ0v) is 11.4. The minimum Gasteiger partial charge on any atom is -0.408 e. The summed E-state index contributed by atoms with van der Waals surface area (Å²) in [7, 11) is 0. The lowest BCUT2D eigenvalue weighted by Crippen LogP contribution is -2.25. The van der Waals surface area contributed by atoms with Crippen molar-refractivity contribution in [3.8, 4) is 0 Å². The van der Waals surface area contributed by atoms with Crippen molar-refractivity contribution in [3.05, 3.63) is 33.1 Å². The van der Waals surface area contributed by atoms with E-state index in [9.17, 15) is 14.4 Å². The van der Waals surface area contributed by atoms with Crippen LogP contribution in [-0.2, 0) is 6.42 Å². The van der Waals surface area contributed by atoms with E-state index in [2.05, 4.69) is 25.5 Å². The molecule has 0 fully saturated rings. The van der Waals surface area contributed by atoms with Gasteiger partial charge in [0.1, 0.15) is 6.33 Å². The van der Waals surface area contributed by atoms with Crippen molar-refractivity contribution in [2.75, 3.05) is 5.32 Å². The lowest BCUT2D eigenvalue weighted by molar-refractivity contribution is 0.253. The molecule has 0 spiro atoms. The molecule has 0 saturated carbocycles. The molecule has 1 amide bonds. The van der Waals surface area contributed by atoms with Gasteiger partial charge in [0.2, 0.25) is 5.89 Å². The summed E-state index contributed by atoms with van der Waals surface area (Å²) in [6.45, 7) is 1.95. The van der Waals surface area contributed by atoms with E-state index in [-0.39, 0.29) is 17.2 Å². The molecule has 3 rings (SSSR count). The second-order valence-corrected chi connectivity index (χ2v) is 4.40. The summed E-state index contributed by atoms with van der Waals surface area (Å²) in [6.07, 6.45) is 2.53. The molecule has 11 nitrogen and oxygen atoms in total. The lowest BCUT2D eigenvalue weighted by Gasteiger charge is -2.01.